The maximum atomic E-state index is 13.7. The molecule has 140 valence electrons. The van der Waals surface area contributed by atoms with Gasteiger partial charge in [0.15, 0.2) is 0 Å². The minimum atomic E-state index is -0.374. The van der Waals surface area contributed by atoms with Crippen LogP contribution in [-0.2, 0) is 13.5 Å². The molecule has 6 nitrogen and oxygen atoms in total. The van der Waals surface area contributed by atoms with Crippen LogP contribution in [0.4, 0.5) is 14.9 Å². The number of aryl methyl sites for hydroxylation is 3. The van der Waals surface area contributed by atoms with E-state index in [9.17, 15) is 9.18 Å². The third-order valence-corrected chi connectivity index (χ3v) is 4.22. The van der Waals surface area contributed by atoms with Crippen molar-refractivity contribution < 1.29 is 9.18 Å². The fourth-order valence-corrected chi connectivity index (χ4v) is 2.89. The number of amides is 2. The summed E-state index contributed by atoms with van der Waals surface area (Å²) in [5, 5.41) is 9.70. The molecule has 0 spiro atoms. The molecule has 0 atom stereocenters. The number of anilines is 1. The number of aromatic nitrogens is 3. The second-order valence-electron chi connectivity index (χ2n) is 6.50. The van der Waals surface area contributed by atoms with Gasteiger partial charge in [0.05, 0.1) is 11.9 Å². The molecule has 2 aromatic heterocycles. The summed E-state index contributed by atoms with van der Waals surface area (Å²) in [5.74, 6) is -0.374. The Morgan fingerprint density at radius 1 is 1.22 bits per heavy atom. The molecular weight excluding hydrogens is 345 g/mol. The van der Waals surface area contributed by atoms with E-state index < -0.39 is 0 Å². The molecule has 0 saturated heterocycles. The Hall–Kier alpha value is -3.22. The summed E-state index contributed by atoms with van der Waals surface area (Å²) in [4.78, 5) is 16.7. The van der Waals surface area contributed by atoms with Crippen LogP contribution < -0.4 is 10.6 Å². The zero-order valence-electron chi connectivity index (χ0n) is 15.6. The third-order valence-electron chi connectivity index (χ3n) is 4.22. The van der Waals surface area contributed by atoms with Crippen molar-refractivity contribution in [1.29, 1.82) is 0 Å². The number of carbonyl (C=O) groups is 1. The maximum absolute atomic E-state index is 13.7. The van der Waals surface area contributed by atoms with E-state index in [0.717, 1.165) is 22.4 Å². The summed E-state index contributed by atoms with van der Waals surface area (Å²) >= 11 is 0. The minimum Gasteiger partial charge on any atom is -0.337 e. The van der Waals surface area contributed by atoms with Gasteiger partial charge in [-0.15, -0.1) is 0 Å². The SMILES string of the molecule is Cc1cnc(CCNC(=O)Nc2ccc(F)cc2-c2cnn(C)c2)c(C)c1. The monoisotopic (exact) mass is 367 g/mol. The van der Waals surface area contributed by atoms with E-state index in [1.807, 2.05) is 20.0 Å². The van der Waals surface area contributed by atoms with Crippen LogP contribution in [0.3, 0.4) is 0 Å². The van der Waals surface area contributed by atoms with Gasteiger partial charge in [0.25, 0.3) is 0 Å². The van der Waals surface area contributed by atoms with Gasteiger partial charge < -0.3 is 10.6 Å². The maximum Gasteiger partial charge on any atom is 0.319 e. The van der Waals surface area contributed by atoms with E-state index in [2.05, 4.69) is 26.8 Å². The van der Waals surface area contributed by atoms with Crippen molar-refractivity contribution in [3.05, 3.63) is 65.5 Å². The lowest BCUT2D eigenvalue weighted by molar-refractivity contribution is 0.252. The number of rotatable bonds is 5. The van der Waals surface area contributed by atoms with Gasteiger partial charge in [-0.2, -0.15) is 5.10 Å². The standard InChI is InChI=1S/C20H22FN5O/c1-13-8-14(2)18(23-10-13)6-7-22-20(27)25-19-5-4-16(21)9-17(19)15-11-24-26(3)12-15/h4-5,8-12H,6-7H2,1-3H3,(H2,22,25,27). The normalized spacial score (nSPS) is 10.7. The lowest BCUT2D eigenvalue weighted by Crippen LogP contribution is -2.30. The van der Waals surface area contributed by atoms with Crippen molar-refractivity contribution in [1.82, 2.24) is 20.1 Å². The molecule has 0 bridgehead atoms. The molecule has 0 aliphatic rings. The van der Waals surface area contributed by atoms with Crippen molar-refractivity contribution in [2.45, 2.75) is 20.3 Å². The Morgan fingerprint density at radius 3 is 2.74 bits per heavy atom. The van der Waals surface area contributed by atoms with Gasteiger partial charge in [-0.1, -0.05) is 6.07 Å². The number of nitrogens with zero attached hydrogens (tertiary/aromatic N) is 3. The van der Waals surface area contributed by atoms with Gasteiger partial charge >= 0.3 is 6.03 Å². The first-order valence-electron chi connectivity index (χ1n) is 8.68. The summed E-state index contributed by atoms with van der Waals surface area (Å²) in [6, 6.07) is 5.96. The minimum absolute atomic E-state index is 0.350. The molecule has 0 saturated carbocycles. The quantitative estimate of drug-likeness (QED) is 0.724. The Balaban J connectivity index is 1.64. The molecule has 0 radical (unpaired) electrons. The average Bonchev–Trinajstić information content (AvgIpc) is 3.05. The first-order valence-corrected chi connectivity index (χ1v) is 8.68. The zero-order chi connectivity index (χ0) is 19.4. The molecule has 0 aliphatic carbocycles. The molecule has 3 rings (SSSR count). The van der Waals surface area contributed by atoms with Crippen molar-refractivity contribution in [3.8, 4) is 11.1 Å². The fraction of sp³-hybridized carbons (Fsp3) is 0.250. The molecule has 3 aromatic rings. The van der Waals surface area contributed by atoms with Crippen LogP contribution >= 0.6 is 0 Å². The van der Waals surface area contributed by atoms with E-state index >= 15 is 0 Å². The van der Waals surface area contributed by atoms with E-state index in [4.69, 9.17) is 0 Å². The fourth-order valence-electron chi connectivity index (χ4n) is 2.89. The summed E-state index contributed by atoms with van der Waals surface area (Å²) in [5.41, 5.74) is 5.00. The van der Waals surface area contributed by atoms with Crippen LogP contribution in [0.5, 0.6) is 0 Å². The number of nitrogens with one attached hydrogen (secondary N) is 2. The predicted molar refractivity (Wildman–Crippen MR) is 103 cm³/mol. The van der Waals surface area contributed by atoms with Crippen LogP contribution in [-0.4, -0.2) is 27.3 Å². The van der Waals surface area contributed by atoms with Crippen molar-refractivity contribution in [3.63, 3.8) is 0 Å². The molecule has 27 heavy (non-hydrogen) atoms. The van der Waals surface area contributed by atoms with Crippen LogP contribution in [0, 0.1) is 19.7 Å². The molecule has 0 aliphatic heterocycles. The summed E-state index contributed by atoms with van der Waals surface area (Å²) < 4.78 is 15.3. The summed E-state index contributed by atoms with van der Waals surface area (Å²) in [7, 11) is 1.78. The van der Waals surface area contributed by atoms with Crippen LogP contribution in [0.25, 0.3) is 11.1 Å². The van der Waals surface area contributed by atoms with Crippen LogP contribution in [0.1, 0.15) is 16.8 Å². The zero-order valence-corrected chi connectivity index (χ0v) is 15.6. The van der Waals surface area contributed by atoms with E-state index in [-0.39, 0.29) is 11.8 Å². The van der Waals surface area contributed by atoms with Crippen LogP contribution in [0.15, 0.2) is 42.9 Å². The molecule has 7 heteroatoms. The number of halogens is 1. The van der Waals surface area contributed by atoms with E-state index in [1.54, 1.807) is 30.2 Å². The number of hydrogen-bond acceptors (Lipinski definition) is 3. The third kappa shape index (κ3) is 4.69. The molecule has 0 unspecified atom stereocenters. The summed E-state index contributed by atoms with van der Waals surface area (Å²) in [6.45, 7) is 4.46. The lowest BCUT2D eigenvalue weighted by atomic mass is 10.1. The average molecular weight is 367 g/mol. The smallest absolute Gasteiger partial charge is 0.319 e. The predicted octanol–water partition coefficient (Wildman–Crippen LogP) is 3.60. The Kier molecular flexibility index (Phi) is 5.49. The highest BCUT2D eigenvalue weighted by Gasteiger charge is 2.11. The molecular formula is C20H22FN5O. The van der Waals surface area contributed by atoms with Gasteiger partial charge in [0.2, 0.25) is 0 Å². The number of hydrogen-bond donors (Lipinski definition) is 2. The van der Waals surface area contributed by atoms with Crippen molar-refractivity contribution in [2.24, 2.45) is 7.05 Å². The Morgan fingerprint density at radius 2 is 2.04 bits per heavy atom. The van der Waals surface area contributed by atoms with Crippen molar-refractivity contribution >= 4 is 11.7 Å². The van der Waals surface area contributed by atoms with Gasteiger partial charge in [-0.05, 0) is 43.2 Å². The Labute approximate surface area is 157 Å². The van der Waals surface area contributed by atoms with Crippen LogP contribution in [0.2, 0.25) is 0 Å². The number of benzene rings is 1. The number of pyridine rings is 1. The van der Waals surface area contributed by atoms with E-state index in [0.29, 0.717) is 24.2 Å². The lowest BCUT2D eigenvalue weighted by Gasteiger charge is -2.12. The second-order valence-corrected chi connectivity index (χ2v) is 6.50. The van der Waals surface area contributed by atoms with Gasteiger partial charge in [-0.25, -0.2) is 9.18 Å². The largest absolute Gasteiger partial charge is 0.337 e. The molecule has 2 N–H and O–H groups in total. The van der Waals surface area contributed by atoms with E-state index in [1.165, 1.54) is 12.1 Å². The topological polar surface area (TPSA) is 71.8 Å². The molecule has 2 amide bonds. The Bertz CT molecular complexity index is 967. The van der Waals surface area contributed by atoms with Gasteiger partial charge in [-0.3, -0.25) is 9.67 Å². The molecule has 1 aromatic carbocycles. The molecule has 2 heterocycles. The van der Waals surface area contributed by atoms with Gasteiger partial charge in [0, 0.05) is 49.2 Å². The number of urea groups is 1. The number of carbonyl (C=O) groups excluding carboxylic acids is 1. The highest BCUT2D eigenvalue weighted by atomic mass is 19.1. The first kappa shape index (κ1) is 18.6. The van der Waals surface area contributed by atoms with Crippen molar-refractivity contribution in [2.75, 3.05) is 11.9 Å². The van der Waals surface area contributed by atoms with Gasteiger partial charge in [0.1, 0.15) is 5.82 Å². The second kappa shape index (κ2) is 7.99. The molecule has 0 fully saturated rings. The summed E-state index contributed by atoms with van der Waals surface area (Å²) in [6.07, 6.45) is 5.85. The first-order chi connectivity index (χ1) is 12.9. The highest BCUT2D eigenvalue weighted by Crippen LogP contribution is 2.28. The highest BCUT2D eigenvalue weighted by molar-refractivity contribution is 5.94.